The molecule has 2 heteroatoms. The first-order chi connectivity index (χ1) is 8.43. The van der Waals surface area contributed by atoms with Crippen molar-refractivity contribution in [1.29, 1.82) is 0 Å². The zero-order valence-electron chi connectivity index (χ0n) is 12.4. The minimum Gasteiger partial charge on any atom is -0.139 e. The van der Waals surface area contributed by atoms with Gasteiger partial charge in [-0.2, -0.15) is 0 Å². The molecule has 0 bridgehead atoms. The third-order valence-electron chi connectivity index (χ3n) is 3.50. The maximum atomic E-state index is 2.34. The molecular formula is C16H24S2. The Morgan fingerprint density at radius 1 is 0.778 bits per heavy atom. The number of thiophene rings is 2. The van der Waals surface area contributed by atoms with Crippen molar-refractivity contribution in [2.75, 3.05) is 0 Å². The van der Waals surface area contributed by atoms with Gasteiger partial charge in [0.1, 0.15) is 0 Å². The highest BCUT2D eigenvalue weighted by atomic mass is 32.1. The van der Waals surface area contributed by atoms with Gasteiger partial charge in [0.25, 0.3) is 0 Å². The lowest BCUT2D eigenvalue weighted by Gasteiger charge is -2.18. The molecule has 2 heterocycles. The Labute approximate surface area is 119 Å². The summed E-state index contributed by atoms with van der Waals surface area (Å²) in [5.74, 6) is 0. The summed E-state index contributed by atoms with van der Waals surface area (Å²) in [7, 11) is 0. The number of rotatable bonds is 3. The summed E-state index contributed by atoms with van der Waals surface area (Å²) in [6.07, 6.45) is 3.53. The normalized spacial score (nSPS) is 12.6. The van der Waals surface area contributed by atoms with Gasteiger partial charge in [-0.25, -0.2) is 0 Å². The smallest absolute Gasteiger partial charge is 0.0491 e. The van der Waals surface area contributed by atoms with Crippen LogP contribution in [0.2, 0.25) is 0 Å². The van der Waals surface area contributed by atoms with Crippen LogP contribution >= 0.6 is 22.7 Å². The van der Waals surface area contributed by atoms with Gasteiger partial charge >= 0.3 is 0 Å². The number of hydrogen-bond donors (Lipinski definition) is 0. The Morgan fingerprint density at radius 3 is 1.78 bits per heavy atom. The summed E-state index contributed by atoms with van der Waals surface area (Å²) in [5, 5.41) is 0. The van der Waals surface area contributed by atoms with Gasteiger partial charge in [0.05, 0.1) is 0 Å². The zero-order valence-corrected chi connectivity index (χ0v) is 14.1. The fraction of sp³-hybridized carbons (Fsp3) is 0.625. The first kappa shape index (κ1) is 14.1. The second kappa shape index (κ2) is 4.97. The molecule has 2 aromatic heterocycles. The van der Waals surface area contributed by atoms with E-state index in [-0.39, 0.29) is 5.41 Å². The molecule has 0 saturated heterocycles. The number of aryl methyl sites for hydroxylation is 3. The largest absolute Gasteiger partial charge is 0.139 e. The molecule has 0 saturated carbocycles. The maximum Gasteiger partial charge on any atom is 0.0491 e. The Bertz CT molecular complexity index is 550. The van der Waals surface area contributed by atoms with Crippen LogP contribution in [0.5, 0.6) is 0 Å². The molecule has 0 atom stereocenters. The molecule has 100 valence electrons. The Hall–Kier alpha value is -0.340. The molecule has 2 aromatic rings. The van der Waals surface area contributed by atoms with Crippen LogP contribution in [0.25, 0.3) is 9.40 Å². The van der Waals surface area contributed by atoms with E-state index in [2.05, 4.69) is 52.9 Å². The molecule has 0 radical (unpaired) electrons. The molecule has 0 fully saturated rings. The monoisotopic (exact) mass is 280 g/mol. The molecule has 0 aliphatic rings. The van der Waals surface area contributed by atoms with Gasteiger partial charge < -0.3 is 0 Å². The van der Waals surface area contributed by atoms with Crippen LogP contribution in [-0.2, 0) is 24.7 Å². The Balaban J connectivity index is 2.75. The van der Waals surface area contributed by atoms with Crippen molar-refractivity contribution in [2.45, 2.75) is 66.2 Å². The molecule has 0 aliphatic carbocycles. The average Bonchev–Trinajstić information content (AvgIpc) is 2.81. The summed E-state index contributed by atoms with van der Waals surface area (Å²) >= 11 is 4.10. The lowest BCUT2D eigenvalue weighted by atomic mass is 9.91. The fourth-order valence-electron chi connectivity index (χ4n) is 2.64. The van der Waals surface area contributed by atoms with Crippen molar-refractivity contribution in [3.05, 3.63) is 20.9 Å². The van der Waals surface area contributed by atoms with Crippen LogP contribution in [0, 0.1) is 0 Å². The van der Waals surface area contributed by atoms with Gasteiger partial charge in [0, 0.05) is 19.2 Å². The van der Waals surface area contributed by atoms with Crippen LogP contribution in [0.3, 0.4) is 0 Å². The highest BCUT2D eigenvalue weighted by Crippen LogP contribution is 2.45. The zero-order chi connectivity index (χ0) is 13.5. The van der Waals surface area contributed by atoms with Crippen LogP contribution in [0.1, 0.15) is 62.4 Å². The van der Waals surface area contributed by atoms with E-state index in [1.54, 1.807) is 30.3 Å². The standard InChI is InChI=1S/C16H24S2/c1-7-10-12(9-3)17-14-11(8-2)15(16(4,5)6)18-13(10)14/h7-9H2,1-6H3. The number of hydrogen-bond acceptors (Lipinski definition) is 2. The highest BCUT2D eigenvalue weighted by molar-refractivity contribution is 7.28. The van der Waals surface area contributed by atoms with Gasteiger partial charge in [0.15, 0.2) is 0 Å². The van der Waals surface area contributed by atoms with E-state index in [4.69, 9.17) is 0 Å². The van der Waals surface area contributed by atoms with Gasteiger partial charge in [-0.05, 0) is 35.8 Å². The predicted molar refractivity (Wildman–Crippen MR) is 86.5 cm³/mol. The first-order valence-corrected chi connectivity index (χ1v) is 8.63. The van der Waals surface area contributed by atoms with E-state index >= 15 is 0 Å². The summed E-state index contributed by atoms with van der Waals surface area (Å²) in [6.45, 7) is 13.9. The van der Waals surface area contributed by atoms with E-state index in [9.17, 15) is 0 Å². The minimum atomic E-state index is 0.284. The van der Waals surface area contributed by atoms with E-state index in [1.807, 2.05) is 11.3 Å². The van der Waals surface area contributed by atoms with Gasteiger partial charge in [0.2, 0.25) is 0 Å². The van der Waals surface area contributed by atoms with Crippen LogP contribution < -0.4 is 0 Å². The van der Waals surface area contributed by atoms with E-state index in [1.165, 1.54) is 19.3 Å². The molecule has 0 unspecified atom stereocenters. The third kappa shape index (κ3) is 2.14. The van der Waals surface area contributed by atoms with Crippen LogP contribution in [0.15, 0.2) is 0 Å². The molecule has 0 aromatic carbocycles. The Morgan fingerprint density at radius 2 is 1.33 bits per heavy atom. The summed E-state index contributed by atoms with van der Waals surface area (Å²) in [6, 6.07) is 0. The van der Waals surface area contributed by atoms with Gasteiger partial charge in [-0.3, -0.25) is 0 Å². The van der Waals surface area contributed by atoms with E-state index in [0.29, 0.717) is 0 Å². The molecule has 0 N–H and O–H groups in total. The molecule has 18 heavy (non-hydrogen) atoms. The van der Waals surface area contributed by atoms with Gasteiger partial charge in [-0.15, -0.1) is 22.7 Å². The van der Waals surface area contributed by atoms with Crippen LogP contribution in [-0.4, -0.2) is 0 Å². The fourth-order valence-corrected chi connectivity index (χ4v) is 5.85. The lowest BCUT2D eigenvalue weighted by molar-refractivity contribution is 0.598. The summed E-state index contributed by atoms with van der Waals surface area (Å²) in [5.41, 5.74) is 3.51. The van der Waals surface area contributed by atoms with Crippen molar-refractivity contribution in [3.8, 4) is 0 Å². The molecule has 0 spiro atoms. The second-order valence-corrected chi connectivity index (χ2v) is 8.01. The van der Waals surface area contributed by atoms with Crippen molar-refractivity contribution >= 4 is 32.1 Å². The molecular weight excluding hydrogens is 256 g/mol. The van der Waals surface area contributed by atoms with Crippen molar-refractivity contribution < 1.29 is 0 Å². The average molecular weight is 281 g/mol. The molecule has 0 nitrogen and oxygen atoms in total. The van der Waals surface area contributed by atoms with E-state index in [0.717, 1.165) is 0 Å². The predicted octanol–water partition coefficient (Wildman–Crippen LogP) is 5.95. The van der Waals surface area contributed by atoms with Gasteiger partial charge in [-0.1, -0.05) is 41.5 Å². The quantitative estimate of drug-likeness (QED) is 0.652. The molecule has 0 aliphatic heterocycles. The van der Waals surface area contributed by atoms with Crippen molar-refractivity contribution in [1.82, 2.24) is 0 Å². The second-order valence-electron chi connectivity index (χ2n) is 5.88. The van der Waals surface area contributed by atoms with Crippen molar-refractivity contribution in [2.24, 2.45) is 0 Å². The summed E-state index contributed by atoms with van der Waals surface area (Å²) in [4.78, 5) is 3.21. The molecule has 0 amide bonds. The maximum absolute atomic E-state index is 2.34. The third-order valence-corrected chi connectivity index (χ3v) is 6.79. The van der Waals surface area contributed by atoms with Crippen LogP contribution in [0.4, 0.5) is 0 Å². The lowest BCUT2D eigenvalue weighted by Crippen LogP contribution is -2.10. The number of fused-ring (bicyclic) bond motifs is 1. The first-order valence-electron chi connectivity index (χ1n) is 7.00. The SMILES string of the molecule is CCc1sc2c(CC)c(C(C)(C)C)sc2c1CC. The Kier molecular flexibility index (Phi) is 3.89. The molecule has 2 rings (SSSR count). The summed E-state index contributed by atoms with van der Waals surface area (Å²) < 4.78 is 3.17. The van der Waals surface area contributed by atoms with E-state index < -0.39 is 0 Å². The topological polar surface area (TPSA) is 0 Å². The highest BCUT2D eigenvalue weighted by Gasteiger charge is 2.25. The minimum absolute atomic E-state index is 0.284. The van der Waals surface area contributed by atoms with Crippen molar-refractivity contribution in [3.63, 3.8) is 0 Å².